The third-order valence-electron chi connectivity index (χ3n) is 8.31. The molecule has 0 fully saturated rings. The van der Waals surface area contributed by atoms with Gasteiger partial charge in [0.05, 0.1) is 16.6 Å². The zero-order valence-corrected chi connectivity index (χ0v) is 22.2. The minimum absolute atomic E-state index is 0.907. The Kier molecular flexibility index (Phi) is 4.61. The molecule has 6 aromatic carbocycles. The monoisotopic (exact) mass is 524 g/mol. The van der Waals surface area contributed by atoms with Crippen LogP contribution in [0.2, 0.25) is 0 Å². The fraction of sp³-hybridized carbons (Fsp3) is 0. The van der Waals surface area contributed by atoms with E-state index in [9.17, 15) is 0 Å². The van der Waals surface area contributed by atoms with Crippen molar-refractivity contribution in [2.24, 2.45) is 0 Å². The normalized spacial score (nSPS) is 11.9. The quantitative estimate of drug-likeness (QED) is 0.225. The Morgan fingerprint density at radius 1 is 0.366 bits per heavy atom. The highest BCUT2D eigenvalue weighted by Gasteiger charge is 2.23. The topological polar surface area (TPSA) is 23.0 Å². The standard InChI is InChI=1S/C38H24N2O/c1-4-12-25(13-5-1)26-20-23-34-32(24-26)29-21-22-31-36-37(41-38(31)35(29)40(34)28-16-8-3-9-17-28)30-18-10-11-19-33(30)39(36)27-14-6-2-7-15-27/h1-24H. The molecule has 0 spiro atoms. The molecule has 0 aliphatic heterocycles. The van der Waals surface area contributed by atoms with Crippen molar-refractivity contribution in [1.82, 2.24) is 9.13 Å². The summed E-state index contributed by atoms with van der Waals surface area (Å²) in [6, 6.07) is 51.6. The Balaban J connectivity index is 1.46. The van der Waals surface area contributed by atoms with Crippen LogP contribution in [-0.4, -0.2) is 9.13 Å². The Morgan fingerprint density at radius 3 is 1.61 bits per heavy atom. The lowest BCUT2D eigenvalue weighted by Crippen LogP contribution is -1.94. The third-order valence-corrected chi connectivity index (χ3v) is 8.31. The van der Waals surface area contributed by atoms with Crippen LogP contribution in [0.3, 0.4) is 0 Å². The van der Waals surface area contributed by atoms with Gasteiger partial charge in [0.25, 0.3) is 0 Å². The van der Waals surface area contributed by atoms with Crippen molar-refractivity contribution in [2.45, 2.75) is 0 Å². The van der Waals surface area contributed by atoms with Gasteiger partial charge in [-0.25, -0.2) is 0 Å². The highest BCUT2D eigenvalue weighted by atomic mass is 16.3. The zero-order chi connectivity index (χ0) is 26.9. The molecule has 0 atom stereocenters. The van der Waals surface area contributed by atoms with Crippen LogP contribution in [0.15, 0.2) is 150 Å². The number of fused-ring (bicyclic) bond motifs is 9. The second-order valence-electron chi connectivity index (χ2n) is 10.6. The number of hydrogen-bond acceptors (Lipinski definition) is 1. The molecule has 0 aliphatic rings. The molecule has 0 saturated heterocycles. The maximum Gasteiger partial charge on any atom is 0.161 e. The molecule has 0 N–H and O–H groups in total. The van der Waals surface area contributed by atoms with Crippen LogP contribution in [0, 0.1) is 0 Å². The molecule has 3 aromatic heterocycles. The van der Waals surface area contributed by atoms with E-state index in [4.69, 9.17) is 4.42 Å². The van der Waals surface area contributed by atoms with Gasteiger partial charge in [-0.15, -0.1) is 0 Å². The first-order valence-electron chi connectivity index (χ1n) is 14.0. The maximum atomic E-state index is 6.95. The van der Waals surface area contributed by atoms with Gasteiger partial charge < -0.3 is 13.6 Å². The lowest BCUT2D eigenvalue weighted by molar-refractivity contribution is 0.675. The van der Waals surface area contributed by atoms with Crippen LogP contribution in [0.25, 0.3) is 77.3 Å². The second kappa shape index (κ2) is 8.48. The summed E-state index contributed by atoms with van der Waals surface area (Å²) in [7, 11) is 0. The van der Waals surface area contributed by atoms with Crippen LogP contribution >= 0.6 is 0 Å². The van der Waals surface area contributed by atoms with Gasteiger partial charge in [0.1, 0.15) is 5.52 Å². The van der Waals surface area contributed by atoms with Crippen molar-refractivity contribution in [3.05, 3.63) is 146 Å². The van der Waals surface area contributed by atoms with Crippen LogP contribution in [0.4, 0.5) is 0 Å². The van der Waals surface area contributed by atoms with Gasteiger partial charge in [-0.3, -0.25) is 0 Å². The molecule has 9 rings (SSSR count). The van der Waals surface area contributed by atoms with E-state index in [1.807, 2.05) is 0 Å². The number of para-hydroxylation sites is 3. The molecule has 3 nitrogen and oxygen atoms in total. The Morgan fingerprint density at radius 2 is 0.902 bits per heavy atom. The molecular formula is C38H24N2O. The minimum atomic E-state index is 0.907. The van der Waals surface area contributed by atoms with E-state index in [-0.39, 0.29) is 0 Å². The van der Waals surface area contributed by atoms with Crippen molar-refractivity contribution in [3.63, 3.8) is 0 Å². The van der Waals surface area contributed by atoms with E-state index in [2.05, 4.69) is 155 Å². The Labute approximate surface area is 236 Å². The van der Waals surface area contributed by atoms with Crippen LogP contribution in [-0.2, 0) is 0 Å². The highest BCUT2D eigenvalue weighted by Crippen LogP contribution is 2.44. The van der Waals surface area contributed by atoms with Crippen molar-refractivity contribution < 1.29 is 4.42 Å². The van der Waals surface area contributed by atoms with Gasteiger partial charge in [0.15, 0.2) is 11.2 Å². The first kappa shape index (κ1) is 22.3. The van der Waals surface area contributed by atoms with Gasteiger partial charge in [0, 0.05) is 32.9 Å². The molecule has 192 valence electrons. The van der Waals surface area contributed by atoms with E-state index in [1.54, 1.807) is 0 Å². The zero-order valence-electron chi connectivity index (χ0n) is 22.2. The molecule has 3 heterocycles. The highest BCUT2D eigenvalue weighted by molar-refractivity contribution is 6.24. The maximum absolute atomic E-state index is 6.95. The predicted octanol–water partition coefficient (Wildman–Crippen LogP) is 10.3. The molecular weight excluding hydrogens is 500 g/mol. The van der Waals surface area contributed by atoms with Gasteiger partial charge in [0.2, 0.25) is 0 Å². The number of nitrogens with zero attached hydrogens (tertiary/aromatic N) is 2. The average Bonchev–Trinajstić information content (AvgIpc) is 3.69. The van der Waals surface area contributed by atoms with Gasteiger partial charge in [-0.05, 0) is 65.7 Å². The predicted molar refractivity (Wildman–Crippen MR) is 170 cm³/mol. The fourth-order valence-electron chi connectivity index (χ4n) is 6.53. The van der Waals surface area contributed by atoms with E-state index in [1.165, 1.54) is 21.9 Å². The largest absolute Gasteiger partial charge is 0.451 e. The molecule has 9 aromatic rings. The van der Waals surface area contributed by atoms with Gasteiger partial charge in [-0.1, -0.05) is 91.0 Å². The van der Waals surface area contributed by atoms with Crippen molar-refractivity contribution >= 4 is 54.8 Å². The van der Waals surface area contributed by atoms with Gasteiger partial charge in [-0.2, -0.15) is 0 Å². The SMILES string of the molecule is c1ccc(-c2ccc3c(c2)c2ccc4c(oc5c6ccccc6n(-c6ccccc6)c45)c2n3-c2ccccc2)cc1. The summed E-state index contributed by atoms with van der Waals surface area (Å²) in [6.07, 6.45) is 0. The third kappa shape index (κ3) is 3.14. The molecule has 0 saturated carbocycles. The summed E-state index contributed by atoms with van der Waals surface area (Å²) in [5.74, 6) is 0. The Hall–Kier alpha value is -5.54. The number of furan rings is 1. The van der Waals surface area contributed by atoms with E-state index >= 15 is 0 Å². The number of benzene rings is 6. The fourth-order valence-corrected chi connectivity index (χ4v) is 6.53. The summed E-state index contributed by atoms with van der Waals surface area (Å²) < 4.78 is 11.6. The molecule has 0 aliphatic carbocycles. The number of aromatic nitrogens is 2. The molecule has 0 bridgehead atoms. The second-order valence-corrected chi connectivity index (χ2v) is 10.6. The molecule has 0 unspecified atom stereocenters. The summed E-state index contributed by atoms with van der Waals surface area (Å²) >= 11 is 0. The van der Waals surface area contributed by atoms with Crippen LogP contribution < -0.4 is 0 Å². The number of hydrogen-bond donors (Lipinski definition) is 0. The van der Waals surface area contributed by atoms with Crippen LogP contribution in [0.1, 0.15) is 0 Å². The van der Waals surface area contributed by atoms with E-state index < -0.39 is 0 Å². The van der Waals surface area contributed by atoms with Crippen molar-refractivity contribution in [3.8, 4) is 22.5 Å². The summed E-state index contributed by atoms with van der Waals surface area (Å²) in [4.78, 5) is 0. The minimum Gasteiger partial charge on any atom is -0.451 e. The average molecular weight is 525 g/mol. The first-order chi connectivity index (χ1) is 20.4. The molecule has 0 radical (unpaired) electrons. The number of rotatable bonds is 3. The van der Waals surface area contributed by atoms with Crippen LogP contribution in [0.5, 0.6) is 0 Å². The summed E-state index contributed by atoms with van der Waals surface area (Å²) in [6.45, 7) is 0. The summed E-state index contributed by atoms with van der Waals surface area (Å²) in [5.41, 5.74) is 11.0. The van der Waals surface area contributed by atoms with E-state index in [0.29, 0.717) is 0 Å². The van der Waals surface area contributed by atoms with E-state index in [0.717, 1.165) is 55.4 Å². The molecule has 41 heavy (non-hydrogen) atoms. The first-order valence-corrected chi connectivity index (χ1v) is 14.0. The van der Waals surface area contributed by atoms with Crippen molar-refractivity contribution in [1.29, 1.82) is 0 Å². The smallest absolute Gasteiger partial charge is 0.161 e. The Bertz CT molecular complexity index is 2390. The van der Waals surface area contributed by atoms with Crippen molar-refractivity contribution in [2.75, 3.05) is 0 Å². The lowest BCUT2D eigenvalue weighted by Gasteiger charge is -2.09. The molecule has 3 heteroatoms. The summed E-state index contributed by atoms with van der Waals surface area (Å²) in [5, 5.41) is 4.62. The molecule has 0 amide bonds. The van der Waals surface area contributed by atoms with Gasteiger partial charge >= 0.3 is 0 Å². The lowest BCUT2D eigenvalue weighted by atomic mass is 10.0.